The van der Waals surface area contributed by atoms with Crippen molar-refractivity contribution in [2.75, 3.05) is 13.2 Å². The van der Waals surface area contributed by atoms with E-state index in [-0.39, 0.29) is 6.61 Å². The van der Waals surface area contributed by atoms with E-state index < -0.39 is 24.5 Å². The molecule has 1 rings (SSSR count). The van der Waals surface area contributed by atoms with Crippen LogP contribution in [0.25, 0.3) is 0 Å². The molecule has 1 saturated heterocycles. The van der Waals surface area contributed by atoms with E-state index >= 15 is 0 Å². The first kappa shape index (κ1) is 12.6. The molecule has 0 N–H and O–H groups in total. The number of carbonyl (C=O) groups is 2. The third-order valence-corrected chi connectivity index (χ3v) is 2.10. The summed E-state index contributed by atoms with van der Waals surface area (Å²) in [4.78, 5) is 21.9. The molecule has 0 radical (unpaired) electrons. The molecule has 1 aliphatic heterocycles. The topological polar surface area (TPSA) is 71.1 Å². The Labute approximate surface area is 93.8 Å². The zero-order chi connectivity index (χ0) is 12.0. The van der Waals surface area contributed by atoms with Crippen LogP contribution in [0.2, 0.25) is 0 Å². The number of carbonyl (C=O) groups excluding carboxylic acids is 2. The molecule has 1 fully saturated rings. The van der Waals surface area contributed by atoms with Crippen LogP contribution in [0.3, 0.4) is 0 Å². The summed E-state index contributed by atoms with van der Waals surface area (Å²) in [7, 11) is 0. The van der Waals surface area contributed by atoms with Crippen molar-refractivity contribution in [1.82, 2.24) is 0 Å². The van der Waals surface area contributed by atoms with Crippen LogP contribution in [0.1, 0.15) is 26.7 Å². The molecule has 0 spiro atoms. The van der Waals surface area contributed by atoms with Gasteiger partial charge < -0.3 is 18.9 Å². The lowest BCUT2D eigenvalue weighted by atomic mass is 10.2. The van der Waals surface area contributed by atoms with Crippen LogP contribution < -0.4 is 0 Å². The molecule has 1 heterocycles. The normalized spacial score (nSPS) is 20.9. The fourth-order valence-corrected chi connectivity index (χ4v) is 1.29. The van der Waals surface area contributed by atoms with Gasteiger partial charge in [0.25, 0.3) is 0 Å². The Morgan fingerprint density at radius 2 is 2.31 bits per heavy atom. The van der Waals surface area contributed by atoms with Gasteiger partial charge in [-0.2, -0.15) is 0 Å². The molecule has 2 unspecified atom stereocenters. The Balaban J connectivity index is 2.36. The van der Waals surface area contributed by atoms with Gasteiger partial charge in [0.05, 0.1) is 6.61 Å². The zero-order valence-corrected chi connectivity index (χ0v) is 9.43. The first-order valence-electron chi connectivity index (χ1n) is 5.34. The van der Waals surface area contributed by atoms with E-state index in [0.717, 1.165) is 6.42 Å². The summed E-state index contributed by atoms with van der Waals surface area (Å²) < 4.78 is 19.2. The molecule has 0 aliphatic carbocycles. The van der Waals surface area contributed by atoms with Crippen LogP contribution in [0.5, 0.6) is 0 Å². The number of hydrogen-bond donors (Lipinski definition) is 0. The van der Waals surface area contributed by atoms with E-state index in [1.165, 1.54) is 0 Å². The van der Waals surface area contributed by atoms with Gasteiger partial charge in [-0.15, -0.1) is 0 Å². The van der Waals surface area contributed by atoms with Gasteiger partial charge in [0, 0.05) is 0 Å². The van der Waals surface area contributed by atoms with Gasteiger partial charge >= 0.3 is 12.3 Å². The van der Waals surface area contributed by atoms with E-state index in [0.29, 0.717) is 13.0 Å². The molecular formula is C10H16O6. The maximum atomic E-state index is 11.2. The van der Waals surface area contributed by atoms with Crippen LogP contribution in [-0.2, 0) is 18.9 Å². The summed E-state index contributed by atoms with van der Waals surface area (Å²) in [5.74, 6) is 0. The Bertz CT molecular complexity index is 252. The number of ether oxygens (including phenoxy) is 4. The van der Waals surface area contributed by atoms with Crippen LogP contribution in [-0.4, -0.2) is 37.7 Å². The minimum absolute atomic E-state index is 0.110. The van der Waals surface area contributed by atoms with Gasteiger partial charge in [-0.3, -0.25) is 0 Å². The monoisotopic (exact) mass is 232 g/mol. The summed E-state index contributed by atoms with van der Waals surface area (Å²) in [5.41, 5.74) is 0. The summed E-state index contributed by atoms with van der Waals surface area (Å²) in [6.07, 6.45) is -1.26. The molecule has 0 bridgehead atoms. The maximum absolute atomic E-state index is 11.2. The average molecular weight is 232 g/mol. The highest BCUT2D eigenvalue weighted by Crippen LogP contribution is 2.16. The minimum atomic E-state index is -0.739. The fraction of sp³-hybridized carbons (Fsp3) is 0.800. The van der Waals surface area contributed by atoms with Crippen molar-refractivity contribution in [1.29, 1.82) is 0 Å². The summed E-state index contributed by atoms with van der Waals surface area (Å²) >= 11 is 0. The largest absolute Gasteiger partial charge is 0.508 e. The highest BCUT2D eigenvalue weighted by molar-refractivity contribution is 5.62. The molecule has 0 aromatic carbocycles. The molecule has 6 nitrogen and oxygen atoms in total. The molecule has 1 aliphatic rings. The second-order valence-electron chi connectivity index (χ2n) is 3.38. The number of rotatable bonds is 5. The van der Waals surface area contributed by atoms with Crippen molar-refractivity contribution in [3.05, 3.63) is 0 Å². The highest BCUT2D eigenvalue weighted by Gasteiger charge is 2.34. The third kappa shape index (κ3) is 3.60. The van der Waals surface area contributed by atoms with Crippen LogP contribution >= 0.6 is 0 Å². The SMILES string of the molecule is CCCOC(=O)OC(CC)C1COC(=O)O1. The predicted octanol–water partition coefficient (Wildman–Crippen LogP) is 1.86. The Morgan fingerprint density at radius 3 is 2.81 bits per heavy atom. The van der Waals surface area contributed by atoms with Gasteiger partial charge in [0.1, 0.15) is 12.7 Å². The molecule has 2 atom stereocenters. The van der Waals surface area contributed by atoms with Crippen LogP contribution in [0.4, 0.5) is 9.59 Å². The summed E-state index contributed by atoms with van der Waals surface area (Å²) in [6, 6.07) is 0. The average Bonchev–Trinajstić information content (AvgIpc) is 2.69. The van der Waals surface area contributed by atoms with Gasteiger partial charge in [-0.25, -0.2) is 9.59 Å². The molecule has 6 heteroatoms. The minimum Gasteiger partial charge on any atom is -0.434 e. The van der Waals surface area contributed by atoms with E-state index in [9.17, 15) is 9.59 Å². The lowest BCUT2D eigenvalue weighted by Gasteiger charge is -2.18. The summed E-state index contributed by atoms with van der Waals surface area (Å²) in [5, 5.41) is 0. The second-order valence-corrected chi connectivity index (χ2v) is 3.38. The Morgan fingerprint density at radius 1 is 1.56 bits per heavy atom. The van der Waals surface area contributed by atoms with Crippen molar-refractivity contribution in [3.8, 4) is 0 Å². The molecule has 0 aromatic heterocycles. The summed E-state index contributed by atoms with van der Waals surface area (Å²) in [6.45, 7) is 4.13. The van der Waals surface area contributed by atoms with Gasteiger partial charge in [-0.05, 0) is 12.8 Å². The van der Waals surface area contributed by atoms with E-state index in [1.807, 2.05) is 13.8 Å². The molecular weight excluding hydrogens is 216 g/mol. The Kier molecular flexibility index (Phi) is 4.88. The van der Waals surface area contributed by atoms with E-state index in [1.54, 1.807) is 0 Å². The smallest absolute Gasteiger partial charge is 0.434 e. The molecule has 0 saturated carbocycles. The Hall–Kier alpha value is -1.46. The first-order chi connectivity index (χ1) is 7.67. The van der Waals surface area contributed by atoms with E-state index in [2.05, 4.69) is 4.74 Å². The molecule has 0 aromatic rings. The molecule has 92 valence electrons. The standard InChI is InChI=1S/C10H16O6/c1-3-5-13-9(11)15-7(4-2)8-6-14-10(12)16-8/h7-8H,3-6H2,1-2H3. The number of hydrogen-bond acceptors (Lipinski definition) is 6. The maximum Gasteiger partial charge on any atom is 0.508 e. The predicted molar refractivity (Wildman–Crippen MR) is 53.0 cm³/mol. The lowest BCUT2D eigenvalue weighted by molar-refractivity contribution is -0.0242. The first-order valence-corrected chi connectivity index (χ1v) is 5.34. The zero-order valence-electron chi connectivity index (χ0n) is 9.43. The van der Waals surface area contributed by atoms with E-state index in [4.69, 9.17) is 14.2 Å². The third-order valence-electron chi connectivity index (χ3n) is 2.10. The van der Waals surface area contributed by atoms with Crippen molar-refractivity contribution in [3.63, 3.8) is 0 Å². The lowest BCUT2D eigenvalue weighted by Crippen LogP contribution is -2.33. The van der Waals surface area contributed by atoms with Crippen molar-refractivity contribution in [2.45, 2.75) is 38.9 Å². The van der Waals surface area contributed by atoms with Crippen LogP contribution in [0, 0.1) is 0 Å². The van der Waals surface area contributed by atoms with Gasteiger partial charge in [0.15, 0.2) is 6.10 Å². The van der Waals surface area contributed by atoms with Crippen molar-refractivity contribution >= 4 is 12.3 Å². The van der Waals surface area contributed by atoms with Gasteiger partial charge in [0.2, 0.25) is 0 Å². The van der Waals surface area contributed by atoms with Crippen LogP contribution in [0.15, 0.2) is 0 Å². The second kappa shape index (κ2) is 6.19. The highest BCUT2D eigenvalue weighted by atomic mass is 16.8. The number of cyclic esters (lactones) is 2. The fourth-order valence-electron chi connectivity index (χ4n) is 1.29. The molecule has 16 heavy (non-hydrogen) atoms. The van der Waals surface area contributed by atoms with Crippen molar-refractivity contribution in [2.24, 2.45) is 0 Å². The van der Waals surface area contributed by atoms with Gasteiger partial charge in [-0.1, -0.05) is 13.8 Å². The molecule has 0 amide bonds. The quantitative estimate of drug-likeness (QED) is 0.674. The van der Waals surface area contributed by atoms with Crippen molar-refractivity contribution < 1.29 is 28.5 Å².